The molecule has 0 aliphatic carbocycles. The zero-order valence-corrected chi connectivity index (χ0v) is 18.1. The minimum absolute atomic E-state index is 0.100. The van der Waals surface area contributed by atoms with E-state index in [2.05, 4.69) is 9.88 Å². The number of aromatic nitrogens is 1. The first-order valence-electron chi connectivity index (χ1n) is 10.0. The monoisotopic (exact) mass is 433 g/mol. The van der Waals surface area contributed by atoms with Gasteiger partial charge in [-0.05, 0) is 42.8 Å². The van der Waals surface area contributed by atoms with Crippen molar-refractivity contribution in [3.05, 3.63) is 41.7 Å². The molecule has 8 heteroatoms. The number of β-amino-alcohol motifs (C(OH)–C–C–N with tert-alkyl or cyclic N) is 1. The molecule has 1 aliphatic heterocycles. The average molecular weight is 434 g/mol. The van der Waals surface area contributed by atoms with E-state index in [1.165, 1.54) is 0 Å². The van der Waals surface area contributed by atoms with Crippen molar-refractivity contribution in [1.82, 2.24) is 14.8 Å². The fraction of sp³-hybridized carbons (Fsp3) is 0.455. The first kappa shape index (κ1) is 22.3. The number of rotatable bonds is 7. The fourth-order valence-electron chi connectivity index (χ4n) is 3.59. The lowest BCUT2D eigenvalue weighted by molar-refractivity contribution is -0.128. The topological polar surface area (TPSA) is 75.1 Å². The molecule has 1 aliphatic rings. The van der Waals surface area contributed by atoms with Crippen molar-refractivity contribution in [2.75, 3.05) is 46.4 Å². The summed E-state index contributed by atoms with van der Waals surface area (Å²) in [6, 6.07) is 7.28. The smallest absolute Gasteiger partial charge is 0.219 e. The van der Waals surface area contributed by atoms with Gasteiger partial charge in [0.25, 0.3) is 0 Å². The van der Waals surface area contributed by atoms with E-state index in [0.717, 1.165) is 37.2 Å². The van der Waals surface area contributed by atoms with Crippen LogP contribution < -0.4 is 9.47 Å². The van der Waals surface area contributed by atoms with Gasteiger partial charge in [0.1, 0.15) is 24.2 Å². The lowest BCUT2D eigenvalue weighted by atomic mass is 10.1. The van der Waals surface area contributed by atoms with Crippen LogP contribution >= 0.6 is 11.6 Å². The number of benzene rings is 1. The quantitative estimate of drug-likeness (QED) is 0.723. The SMILES string of the molecule is COc1cnccc1-c1cc(Cl)cc(OCC(O)CN2CCCN(C(C)=O)CC2)c1. The van der Waals surface area contributed by atoms with Gasteiger partial charge >= 0.3 is 0 Å². The van der Waals surface area contributed by atoms with E-state index in [9.17, 15) is 9.90 Å². The maximum absolute atomic E-state index is 11.6. The van der Waals surface area contributed by atoms with Gasteiger partial charge in [-0.25, -0.2) is 0 Å². The number of ether oxygens (including phenoxy) is 2. The highest BCUT2D eigenvalue weighted by Crippen LogP contribution is 2.33. The van der Waals surface area contributed by atoms with Crippen LogP contribution in [-0.4, -0.2) is 78.3 Å². The van der Waals surface area contributed by atoms with Crippen molar-refractivity contribution in [3.8, 4) is 22.6 Å². The molecule has 1 aromatic carbocycles. The number of amides is 1. The van der Waals surface area contributed by atoms with E-state index in [1.54, 1.807) is 32.5 Å². The second-order valence-corrected chi connectivity index (χ2v) is 7.81. The standard InChI is InChI=1S/C22H28ClN3O4/c1-16(27)26-7-3-6-25(8-9-26)14-19(28)15-30-20-11-17(10-18(23)12-20)21-4-5-24-13-22(21)29-2/h4-5,10-13,19,28H,3,6-9,14-15H2,1-2H3. The number of aliphatic hydroxyl groups is 1. The number of carbonyl (C=O) groups is 1. The first-order valence-corrected chi connectivity index (χ1v) is 10.4. The highest BCUT2D eigenvalue weighted by molar-refractivity contribution is 6.31. The zero-order chi connectivity index (χ0) is 21.5. The maximum Gasteiger partial charge on any atom is 0.219 e. The van der Waals surface area contributed by atoms with Crippen LogP contribution in [-0.2, 0) is 4.79 Å². The summed E-state index contributed by atoms with van der Waals surface area (Å²) in [5, 5.41) is 11.0. The van der Waals surface area contributed by atoms with E-state index >= 15 is 0 Å². The molecular formula is C22H28ClN3O4. The van der Waals surface area contributed by atoms with Crippen molar-refractivity contribution in [2.45, 2.75) is 19.4 Å². The Hall–Kier alpha value is -2.35. The summed E-state index contributed by atoms with van der Waals surface area (Å²) in [6.45, 7) is 5.30. The summed E-state index contributed by atoms with van der Waals surface area (Å²) in [7, 11) is 1.59. The highest BCUT2D eigenvalue weighted by atomic mass is 35.5. The molecule has 0 bridgehead atoms. The van der Waals surface area contributed by atoms with Crippen LogP contribution in [0.15, 0.2) is 36.7 Å². The molecule has 162 valence electrons. The predicted molar refractivity (Wildman–Crippen MR) is 116 cm³/mol. The number of aliphatic hydroxyl groups excluding tert-OH is 1. The Morgan fingerprint density at radius 1 is 1.27 bits per heavy atom. The van der Waals surface area contributed by atoms with Crippen LogP contribution in [0.1, 0.15) is 13.3 Å². The van der Waals surface area contributed by atoms with Crippen molar-refractivity contribution in [2.24, 2.45) is 0 Å². The van der Waals surface area contributed by atoms with E-state index in [1.807, 2.05) is 23.1 Å². The number of hydrogen-bond acceptors (Lipinski definition) is 6. The lowest BCUT2D eigenvalue weighted by Gasteiger charge is -2.24. The van der Waals surface area contributed by atoms with Crippen LogP contribution in [0, 0.1) is 0 Å². The van der Waals surface area contributed by atoms with Crippen molar-refractivity contribution >= 4 is 17.5 Å². The number of carbonyl (C=O) groups excluding carboxylic acids is 1. The van der Waals surface area contributed by atoms with Crippen molar-refractivity contribution < 1.29 is 19.4 Å². The molecule has 1 N–H and O–H groups in total. The number of methoxy groups -OCH3 is 1. The normalized spacial score (nSPS) is 16.1. The summed E-state index contributed by atoms with van der Waals surface area (Å²) in [4.78, 5) is 19.6. The van der Waals surface area contributed by atoms with Gasteiger partial charge < -0.3 is 19.5 Å². The van der Waals surface area contributed by atoms with Gasteiger partial charge in [0, 0.05) is 49.9 Å². The molecule has 1 aromatic heterocycles. The summed E-state index contributed by atoms with van der Waals surface area (Å²) in [5.74, 6) is 1.32. The molecule has 30 heavy (non-hydrogen) atoms. The molecule has 2 aromatic rings. The molecule has 1 fully saturated rings. The molecular weight excluding hydrogens is 406 g/mol. The molecule has 0 saturated carbocycles. The number of halogens is 1. The van der Waals surface area contributed by atoms with Crippen molar-refractivity contribution in [3.63, 3.8) is 0 Å². The Balaban J connectivity index is 1.59. The van der Waals surface area contributed by atoms with Gasteiger partial charge in [-0.1, -0.05) is 11.6 Å². The lowest BCUT2D eigenvalue weighted by Crippen LogP contribution is -2.38. The number of hydrogen-bond donors (Lipinski definition) is 1. The molecule has 3 rings (SSSR count). The van der Waals surface area contributed by atoms with Gasteiger partial charge in [0.05, 0.1) is 13.3 Å². The molecule has 1 amide bonds. The molecule has 0 radical (unpaired) electrons. The van der Waals surface area contributed by atoms with Gasteiger partial charge in [0.15, 0.2) is 0 Å². The Morgan fingerprint density at radius 3 is 2.87 bits per heavy atom. The van der Waals surface area contributed by atoms with E-state index < -0.39 is 6.10 Å². The van der Waals surface area contributed by atoms with Gasteiger partial charge in [-0.2, -0.15) is 0 Å². The Kier molecular flexibility index (Phi) is 7.90. The molecule has 1 atom stereocenters. The van der Waals surface area contributed by atoms with Crippen LogP contribution in [0.25, 0.3) is 11.1 Å². The highest BCUT2D eigenvalue weighted by Gasteiger charge is 2.19. The van der Waals surface area contributed by atoms with E-state index in [0.29, 0.717) is 29.6 Å². The summed E-state index contributed by atoms with van der Waals surface area (Å²) >= 11 is 6.28. The molecule has 0 spiro atoms. The molecule has 1 saturated heterocycles. The largest absolute Gasteiger partial charge is 0.494 e. The summed E-state index contributed by atoms with van der Waals surface area (Å²) in [5.41, 5.74) is 1.71. The third-order valence-corrected chi connectivity index (χ3v) is 5.35. The minimum Gasteiger partial charge on any atom is -0.494 e. The zero-order valence-electron chi connectivity index (χ0n) is 17.4. The Bertz CT molecular complexity index is 864. The summed E-state index contributed by atoms with van der Waals surface area (Å²) < 4.78 is 11.2. The van der Waals surface area contributed by atoms with Gasteiger partial charge in [0.2, 0.25) is 5.91 Å². The average Bonchev–Trinajstić information content (AvgIpc) is 2.97. The molecule has 2 heterocycles. The Labute approximate surface area is 182 Å². The van der Waals surface area contributed by atoms with Crippen LogP contribution in [0.2, 0.25) is 5.02 Å². The molecule has 7 nitrogen and oxygen atoms in total. The molecule has 1 unspecified atom stereocenters. The van der Waals surface area contributed by atoms with Crippen LogP contribution in [0.5, 0.6) is 11.5 Å². The van der Waals surface area contributed by atoms with Crippen molar-refractivity contribution in [1.29, 1.82) is 0 Å². The second-order valence-electron chi connectivity index (χ2n) is 7.38. The van der Waals surface area contributed by atoms with E-state index in [-0.39, 0.29) is 12.5 Å². The number of nitrogens with zero attached hydrogens (tertiary/aromatic N) is 3. The van der Waals surface area contributed by atoms with Gasteiger partial charge in [-0.3, -0.25) is 14.7 Å². The Morgan fingerprint density at radius 2 is 2.10 bits per heavy atom. The fourth-order valence-corrected chi connectivity index (χ4v) is 3.82. The van der Waals surface area contributed by atoms with Crippen LogP contribution in [0.3, 0.4) is 0 Å². The first-order chi connectivity index (χ1) is 14.5. The third-order valence-electron chi connectivity index (χ3n) is 5.13. The van der Waals surface area contributed by atoms with Crippen LogP contribution in [0.4, 0.5) is 0 Å². The summed E-state index contributed by atoms with van der Waals surface area (Å²) in [6.07, 6.45) is 3.59. The third kappa shape index (κ3) is 6.08. The maximum atomic E-state index is 11.6. The van der Waals surface area contributed by atoms with Gasteiger partial charge in [-0.15, -0.1) is 0 Å². The minimum atomic E-state index is -0.647. The number of pyridine rings is 1. The predicted octanol–water partition coefficient (Wildman–Crippen LogP) is 2.70. The second kappa shape index (κ2) is 10.6. The van der Waals surface area contributed by atoms with E-state index in [4.69, 9.17) is 21.1 Å².